The predicted molar refractivity (Wildman–Crippen MR) is 82.3 cm³/mol. The molecule has 0 N–H and O–H groups in total. The fourth-order valence-electron chi connectivity index (χ4n) is 2.44. The Morgan fingerprint density at radius 3 is 1.37 bits per heavy atom. The van der Waals surface area contributed by atoms with Crippen molar-refractivity contribution in [1.29, 1.82) is 0 Å². The Labute approximate surface area is 131 Å². The molecule has 0 unspecified atom stereocenters. The van der Waals surface area contributed by atoms with E-state index in [1.54, 1.807) is 11.1 Å². The van der Waals surface area contributed by atoms with E-state index in [2.05, 4.69) is 61.5 Å². The van der Waals surface area contributed by atoms with Gasteiger partial charge in [0, 0.05) is 0 Å². The second-order valence-electron chi connectivity index (χ2n) is 5.75. The Hall–Kier alpha value is -0.573. The SMILES string of the molecule is CC1=C(C)C(C)=C(C)C1.Cc1c[c-](C)c(C)c1C.[Li+]. The van der Waals surface area contributed by atoms with Gasteiger partial charge in [0.15, 0.2) is 0 Å². The molecule has 0 heterocycles. The zero-order valence-electron chi connectivity index (χ0n) is 14.3. The molecule has 0 aromatic heterocycles. The molecule has 1 aliphatic rings. The van der Waals surface area contributed by atoms with Crippen LogP contribution in [-0.2, 0) is 0 Å². The predicted octanol–water partition coefficient (Wildman–Crippen LogP) is 2.71. The number of aryl methyl sites for hydroxylation is 2. The second kappa shape index (κ2) is 7.27. The summed E-state index contributed by atoms with van der Waals surface area (Å²) in [5.41, 5.74) is 11.9. The van der Waals surface area contributed by atoms with Gasteiger partial charge in [-0.15, -0.1) is 0 Å². The van der Waals surface area contributed by atoms with Crippen molar-refractivity contribution >= 4 is 0 Å². The molecule has 0 saturated heterocycles. The average molecular weight is 250 g/mol. The first-order chi connectivity index (χ1) is 8.25. The third-order valence-electron chi connectivity index (χ3n) is 4.55. The molecule has 100 valence electrons. The summed E-state index contributed by atoms with van der Waals surface area (Å²) in [7, 11) is 0. The summed E-state index contributed by atoms with van der Waals surface area (Å²) in [4.78, 5) is 0. The van der Waals surface area contributed by atoms with Gasteiger partial charge in [0.2, 0.25) is 0 Å². The van der Waals surface area contributed by atoms with Gasteiger partial charge in [0.05, 0.1) is 0 Å². The third kappa shape index (κ3) is 4.20. The molecule has 0 nitrogen and oxygen atoms in total. The van der Waals surface area contributed by atoms with Gasteiger partial charge in [0.25, 0.3) is 0 Å². The fourth-order valence-corrected chi connectivity index (χ4v) is 2.44. The van der Waals surface area contributed by atoms with E-state index in [1.165, 1.54) is 39.8 Å². The van der Waals surface area contributed by atoms with Crippen LogP contribution in [0.2, 0.25) is 0 Å². The van der Waals surface area contributed by atoms with Gasteiger partial charge in [-0.25, -0.2) is 0 Å². The molecular formula is C18H27Li. The van der Waals surface area contributed by atoms with Crippen LogP contribution < -0.4 is 18.9 Å². The Bertz CT molecular complexity index is 466. The molecular weight excluding hydrogens is 223 g/mol. The van der Waals surface area contributed by atoms with E-state index in [4.69, 9.17) is 0 Å². The van der Waals surface area contributed by atoms with Crippen molar-refractivity contribution in [3.8, 4) is 0 Å². The van der Waals surface area contributed by atoms with Gasteiger partial charge >= 0.3 is 18.9 Å². The maximum Gasteiger partial charge on any atom is 1.00 e. The number of hydrogen-bond acceptors (Lipinski definition) is 0. The Morgan fingerprint density at radius 1 is 0.842 bits per heavy atom. The molecule has 0 aliphatic heterocycles. The van der Waals surface area contributed by atoms with Gasteiger partial charge in [-0.2, -0.15) is 28.3 Å². The van der Waals surface area contributed by atoms with Crippen LogP contribution in [0.1, 0.15) is 56.4 Å². The molecule has 0 bridgehead atoms. The smallest absolute Gasteiger partial charge is 0.199 e. The topological polar surface area (TPSA) is 0 Å². The summed E-state index contributed by atoms with van der Waals surface area (Å²) in [5.74, 6) is 0. The van der Waals surface area contributed by atoms with Crippen LogP contribution in [0, 0.1) is 27.7 Å². The Morgan fingerprint density at radius 2 is 1.26 bits per heavy atom. The number of rotatable bonds is 0. The minimum Gasteiger partial charge on any atom is -0.199 e. The third-order valence-corrected chi connectivity index (χ3v) is 4.55. The molecule has 1 aromatic carbocycles. The van der Waals surface area contributed by atoms with Crippen LogP contribution in [0.4, 0.5) is 0 Å². The molecule has 0 atom stereocenters. The number of hydrogen-bond donors (Lipinski definition) is 0. The maximum absolute atomic E-state index is 2.24. The maximum atomic E-state index is 2.24. The molecule has 1 aromatic rings. The van der Waals surface area contributed by atoms with Crippen LogP contribution in [-0.4, -0.2) is 0 Å². The summed E-state index contributed by atoms with van der Waals surface area (Å²) in [6.07, 6.45) is 1.21. The van der Waals surface area contributed by atoms with Crippen molar-refractivity contribution in [1.82, 2.24) is 0 Å². The monoisotopic (exact) mass is 250 g/mol. The van der Waals surface area contributed by atoms with Crippen LogP contribution in [0.5, 0.6) is 0 Å². The summed E-state index contributed by atoms with van der Waals surface area (Å²) in [5, 5.41) is 0. The molecule has 0 spiro atoms. The fraction of sp³-hybridized carbons (Fsp3) is 0.500. The van der Waals surface area contributed by atoms with E-state index >= 15 is 0 Å². The van der Waals surface area contributed by atoms with Gasteiger partial charge in [0.1, 0.15) is 0 Å². The first kappa shape index (κ1) is 18.4. The molecule has 1 aliphatic carbocycles. The standard InChI is InChI=1S/C9H14.C9H13.Li/c2*1-6-5-7(2)9(4)8(6)3;/h5H2,1-4H3;5H,1-4H3;/q;-1;+1. The summed E-state index contributed by atoms with van der Waals surface area (Å²) in [6.45, 7) is 17.5. The molecule has 0 fully saturated rings. The van der Waals surface area contributed by atoms with E-state index in [-0.39, 0.29) is 18.9 Å². The molecule has 0 radical (unpaired) electrons. The van der Waals surface area contributed by atoms with Crippen LogP contribution in [0.25, 0.3) is 0 Å². The summed E-state index contributed by atoms with van der Waals surface area (Å²) < 4.78 is 0. The minimum atomic E-state index is 0. The van der Waals surface area contributed by atoms with Gasteiger partial charge in [-0.05, 0) is 45.3 Å². The van der Waals surface area contributed by atoms with Crippen molar-refractivity contribution < 1.29 is 18.9 Å². The van der Waals surface area contributed by atoms with Crippen molar-refractivity contribution in [2.45, 2.75) is 61.8 Å². The van der Waals surface area contributed by atoms with E-state index < -0.39 is 0 Å². The van der Waals surface area contributed by atoms with Gasteiger partial charge < -0.3 is 0 Å². The van der Waals surface area contributed by atoms with Gasteiger partial charge in [-0.1, -0.05) is 38.8 Å². The van der Waals surface area contributed by atoms with Gasteiger partial charge in [-0.3, -0.25) is 0 Å². The van der Waals surface area contributed by atoms with E-state index in [1.807, 2.05) is 0 Å². The van der Waals surface area contributed by atoms with E-state index in [0.29, 0.717) is 0 Å². The van der Waals surface area contributed by atoms with Crippen molar-refractivity contribution in [3.05, 3.63) is 50.6 Å². The number of allylic oxidation sites excluding steroid dienone is 4. The molecule has 1 heteroatoms. The molecule has 19 heavy (non-hydrogen) atoms. The summed E-state index contributed by atoms with van der Waals surface area (Å²) >= 11 is 0. The minimum absolute atomic E-state index is 0. The van der Waals surface area contributed by atoms with Crippen molar-refractivity contribution in [3.63, 3.8) is 0 Å². The second-order valence-corrected chi connectivity index (χ2v) is 5.75. The quantitative estimate of drug-likeness (QED) is 0.490. The first-order valence-corrected chi connectivity index (χ1v) is 6.78. The Balaban J connectivity index is 0.000000324. The molecule has 0 saturated carbocycles. The average Bonchev–Trinajstić information content (AvgIpc) is 2.66. The normalized spacial score (nSPS) is 14.3. The first-order valence-electron chi connectivity index (χ1n) is 6.78. The van der Waals surface area contributed by atoms with Crippen LogP contribution >= 0.6 is 0 Å². The molecule has 0 amide bonds. The summed E-state index contributed by atoms with van der Waals surface area (Å²) in [6, 6.07) is 2.24. The largest absolute Gasteiger partial charge is 1.00 e. The zero-order valence-corrected chi connectivity index (χ0v) is 14.3. The van der Waals surface area contributed by atoms with E-state index in [0.717, 1.165) is 0 Å². The van der Waals surface area contributed by atoms with Crippen molar-refractivity contribution in [2.24, 2.45) is 0 Å². The van der Waals surface area contributed by atoms with Crippen LogP contribution in [0.3, 0.4) is 0 Å². The van der Waals surface area contributed by atoms with E-state index in [9.17, 15) is 0 Å². The van der Waals surface area contributed by atoms with Crippen LogP contribution in [0.15, 0.2) is 28.4 Å². The Kier molecular flexibility index (Phi) is 7.05. The van der Waals surface area contributed by atoms with Crippen molar-refractivity contribution in [2.75, 3.05) is 0 Å². The zero-order chi connectivity index (χ0) is 14.0. The molecule has 2 rings (SSSR count).